The molecule has 1 heterocycles. The number of benzene rings is 1. The summed E-state index contributed by atoms with van der Waals surface area (Å²) in [7, 11) is 1.58. The lowest BCUT2D eigenvalue weighted by atomic mass is 9.89. The molecule has 0 bridgehead atoms. The number of carbonyl (C=O) groups is 3. The first-order chi connectivity index (χ1) is 17.3. The second-order valence-corrected chi connectivity index (χ2v) is 10.4. The van der Waals surface area contributed by atoms with Crippen molar-refractivity contribution in [3.8, 4) is 5.75 Å². The van der Waals surface area contributed by atoms with Crippen molar-refractivity contribution in [3.63, 3.8) is 0 Å². The second-order valence-electron chi connectivity index (χ2n) is 10.4. The van der Waals surface area contributed by atoms with Crippen LogP contribution in [0.5, 0.6) is 5.75 Å². The topological polar surface area (TPSA) is 117 Å². The van der Waals surface area contributed by atoms with Crippen molar-refractivity contribution in [2.75, 3.05) is 7.11 Å². The van der Waals surface area contributed by atoms with Gasteiger partial charge in [-0.1, -0.05) is 50.8 Å². The summed E-state index contributed by atoms with van der Waals surface area (Å²) in [5.41, 5.74) is 0.123. The number of aromatic amines is 1. The zero-order valence-corrected chi connectivity index (χ0v) is 21.0. The molecule has 3 N–H and O–H groups in total. The van der Waals surface area contributed by atoms with Gasteiger partial charge in [-0.3, -0.25) is 19.2 Å². The first kappa shape index (κ1) is 25.7. The van der Waals surface area contributed by atoms with E-state index in [4.69, 9.17) is 4.74 Å². The summed E-state index contributed by atoms with van der Waals surface area (Å²) < 4.78 is 5.21. The molecular weight excluding hydrogens is 458 g/mol. The van der Waals surface area contributed by atoms with Crippen molar-refractivity contribution < 1.29 is 19.1 Å². The molecule has 8 heteroatoms. The lowest BCUT2D eigenvalue weighted by Gasteiger charge is -2.26. The summed E-state index contributed by atoms with van der Waals surface area (Å²) in [5.74, 6) is 0.230. The van der Waals surface area contributed by atoms with Gasteiger partial charge >= 0.3 is 0 Å². The number of rotatable bonds is 11. The number of nitrogens with one attached hydrogen (secondary N) is 3. The van der Waals surface area contributed by atoms with Gasteiger partial charge in [-0.25, -0.2) is 0 Å². The molecule has 0 radical (unpaired) electrons. The maximum Gasteiger partial charge on any atom is 0.268 e. The van der Waals surface area contributed by atoms with E-state index in [0.29, 0.717) is 18.1 Å². The van der Waals surface area contributed by atoms with Crippen molar-refractivity contribution >= 4 is 17.6 Å². The lowest BCUT2D eigenvalue weighted by molar-refractivity contribution is -0.131. The van der Waals surface area contributed by atoms with E-state index in [1.165, 1.54) is 18.2 Å². The quantitative estimate of drug-likeness (QED) is 0.445. The molecule has 1 aromatic carbocycles. The predicted octanol–water partition coefficient (Wildman–Crippen LogP) is 3.16. The van der Waals surface area contributed by atoms with E-state index in [2.05, 4.69) is 15.6 Å². The summed E-state index contributed by atoms with van der Waals surface area (Å²) >= 11 is 0. The molecule has 2 atom stereocenters. The van der Waals surface area contributed by atoms with Crippen LogP contribution in [0, 0.1) is 11.3 Å². The summed E-state index contributed by atoms with van der Waals surface area (Å²) in [6, 6.07) is 10.0. The fourth-order valence-electron chi connectivity index (χ4n) is 4.96. The van der Waals surface area contributed by atoms with Crippen LogP contribution >= 0.6 is 0 Å². The van der Waals surface area contributed by atoms with Crippen molar-refractivity contribution in [1.29, 1.82) is 0 Å². The smallest absolute Gasteiger partial charge is 0.268 e. The van der Waals surface area contributed by atoms with E-state index in [1.54, 1.807) is 19.2 Å². The molecule has 0 unspecified atom stereocenters. The number of ketones is 1. The molecule has 2 aromatic rings. The molecule has 192 valence electrons. The van der Waals surface area contributed by atoms with Crippen molar-refractivity contribution in [2.24, 2.45) is 11.3 Å². The number of pyridine rings is 1. The highest BCUT2D eigenvalue weighted by atomic mass is 16.5. The number of ether oxygens (including phenoxy) is 1. The highest BCUT2D eigenvalue weighted by molar-refractivity contribution is 5.98. The molecule has 2 fully saturated rings. The minimum atomic E-state index is -0.930. The molecular formula is C28H35N3O5. The normalized spacial score (nSPS) is 18.2. The van der Waals surface area contributed by atoms with Crippen LogP contribution in [-0.2, 0) is 16.0 Å². The van der Waals surface area contributed by atoms with Crippen LogP contribution < -0.4 is 20.9 Å². The van der Waals surface area contributed by atoms with Crippen molar-refractivity contribution in [2.45, 2.75) is 70.4 Å². The Kier molecular flexibility index (Phi) is 7.91. The molecule has 2 aliphatic rings. The Morgan fingerprint density at radius 2 is 1.72 bits per heavy atom. The lowest BCUT2D eigenvalue weighted by Crippen LogP contribution is -2.54. The standard InChI is InChI=1S/C28H35N3O5/c1-28(14-15-28)25(33)22(16-18-6-3-4-7-18)30-27(35)23(17-19-10-12-20(36-2)13-11-19)31-26(34)21-8-5-9-24(32)29-21/h5,8-13,18,22-23H,3-4,6-7,14-17H2,1-2H3,(H,29,32)(H,30,35)(H,31,34)/t22-,23-/m0/s1. The van der Waals surface area contributed by atoms with E-state index in [0.717, 1.165) is 44.1 Å². The van der Waals surface area contributed by atoms with Crippen molar-refractivity contribution in [1.82, 2.24) is 15.6 Å². The number of methoxy groups -OCH3 is 1. The summed E-state index contributed by atoms with van der Waals surface area (Å²) in [5, 5.41) is 5.77. The first-order valence-electron chi connectivity index (χ1n) is 12.8. The van der Waals surface area contributed by atoms with Gasteiger partial charge in [0, 0.05) is 17.9 Å². The fraction of sp³-hybridized carbons (Fsp3) is 0.500. The fourth-order valence-corrected chi connectivity index (χ4v) is 4.96. The summed E-state index contributed by atoms with van der Waals surface area (Å²) in [6.45, 7) is 1.96. The zero-order chi connectivity index (χ0) is 25.7. The maximum atomic E-state index is 13.6. The highest BCUT2D eigenvalue weighted by Crippen LogP contribution is 2.47. The van der Waals surface area contributed by atoms with Gasteiger partial charge < -0.3 is 20.4 Å². The van der Waals surface area contributed by atoms with Gasteiger partial charge in [0.15, 0.2) is 5.78 Å². The monoisotopic (exact) mass is 493 g/mol. The Morgan fingerprint density at radius 1 is 1.03 bits per heavy atom. The van der Waals surface area contributed by atoms with E-state index in [1.807, 2.05) is 19.1 Å². The molecule has 1 aromatic heterocycles. The maximum absolute atomic E-state index is 13.6. The average molecular weight is 494 g/mol. The third-order valence-electron chi connectivity index (χ3n) is 7.51. The van der Waals surface area contributed by atoms with Crippen molar-refractivity contribution in [3.05, 3.63) is 64.1 Å². The van der Waals surface area contributed by atoms with Gasteiger partial charge in [-0.15, -0.1) is 0 Å². The number of carbonyl (C=O) groups excluding carboxylic acids is 3. The van der Waals surface area contributed by atoms with Gasteiger partial charge in [0.05, 0.1) is 13.2 Å². The van der Waals surface area contributed by atoms with E-state index < -0.39 is 29.5 Å². The highest BCUT2D eigenvalue weighted by Gasteiger charge is 2.48. The zero-order valence-electron chi connectivity index (χ0n) is 21.0. The van der Waals surface area contributed by atoms with Crippen LogP contribution in [0.2, 0.25) is 0 Å². The van der Waals surface area contributed by atoms with Crippen LogP contribution in [0.3, 0.4) is 0 Å². The van der Waals surface area contributed by atoms with E-state index >= 15 is 0 Å². The molecule has 2 saturated carbocycles. The Morgan fingerprint density at radius 3 is 2.33 bits per heavy atom. The number of amides is 2. The third-order valence-corrected chi connectivity index (χ3v) is 7.51. The van der Waals surface area contributed by atoms with E-state index in [9.17, 15) is 19.2 Å². The number of H-pyrrole nitrogens is 1. The van der Waals surface area contributed by atoms with Crippen LogP contribution in [0.1, 0.15) is 67.9 Å². The second kappa shape index (κ2) is 11.1. The molecule has 2 aliphatic carbocycles. The summed E-state index contributed by atoms with van der Waals surface area (Å²) in [4.78, 5) is 54.0. The van der Waals surface area contributed by atoms with Crippen LogP contribution in [-0.4, -0.2) is 41.8 Å². The number of aromatic nitrogens is 1. The molecule has 0 aliphatic heterocycles. The van der Waals surface area contributed by atoms with Gasteiger partial charge in [0.1, 0.15) is 17.5 Å². The number of hydrogen-bond acceptors (Lipinski definition) is 5. The average Bonchev–Trinajstić information content (AvgIpc) is 3.41. The minimum Gasteiger partial charge on any atom is -0.497 e. The summed E-state index contributed by atoms with van der Waals surface area (Å²) in [6.07, 6.45) is 7.00. The van der Waals surface area contributed by atoms with Crippen LogP contribution in [0.4, 0.5) is 0 Å². The molecule has 0 spiro atoms. The van der Waals surface area contributed by atoms with Gasteiger partial charge in [0.2, 0.25) is 11.5 Å². The Bertz CT molecular complexity index is 1150. The molecule has 8 nitrogen and oxygen atoms in total. The number of hydrogen-bond donors (Lipinski definition) is 3. The molecule has 0 saturated heterocycles. The Hall–Kier alpha value is -3.42. The number of Topliss-reactive ketones (excluding diaryl/α,β-unsaturated/α-hetero) is 1. The van der Waals surface area contributed by atoms with E-state index in [-0.39, 0.29) is 23.3 Å². The first-order valence-corrected chi connectivity index (χ1v) is 12.8. The minimum absolute atomic E-state index is 0.0686. The van der Waals surface area contributed by atoms with Crippen LogP contribution in [0.15, 0.2) is 47.3 Å². The predicted molar refractivity (Wildman–Crippen MR) is 136 cm³/mol. The molecule has 2 amide bonds. The Balaban J connectivity index is 1.54. The van der Waals surface area contributed by atoms with Gasteiger partial charge in [-0.05, 0) is 48.9 Å². The Labute approximate surface area is 211 Å². The SMILES string of the molecule is COc1ccc(C[C@H](NC(=O)c2cccc(=O)[nH]2)C(=O)N[C@@H](CC2CCCC2)C(=O)C2(C)CC2)cc1. The molecule has 36 heavy (non-hydrogen) atoms. The van der Waals surface area contributed by atoms with Crippen LogP contribution in [0.25, 0.3) is 0 Å². The largest absolute Gasteiger partial charge is 0.497 e. The third kappa shape index (κ3) is 6.42. The van der Waals surface area contributed by atoms with Gasteiger partial charge in [-0.2, -0.15) is 0 Å². The molecule has 4 rings (SSSR count). The van der Waals surface area contributed by atoms with Gasteiger partial charge in [0.25, 0.3) is 5.91 Å².